The SMILES string of the molecule is CC1(C)CN(Cc2ccc(-c3ncon3)c(F)c2)CCC1(O)c1ccc2c(c1F)CN(C1CCC(=O)NC1=O)C2=O. The van der Waals surface area contributed by atoms with Crippen LogP contribution in [0.2, 0.25) is 0 Å². The number of imide groups is 1. The maximum Gasteiger partial charge on any atom is 0.255 e. The molecular weight excluding hydrogens is 536 g/mol. The van der Waals surface area contributed by atoms with Crippen LogP contribution in [0.1, 0.15) is 60.2 Å². The highest BCUT2D eigenvalue weighted by atomic mass is 19.1. The molecule has 4 heterocycles. The summed E-state index contributed by atoms with van der Waals surface area (Å²) in [5.74, 6) is -2.41. The molecular formula is C29H29F2N5O5. The summed E-state index contributed by atoms with van der Waals surface area (Å²) in [6.45, 7) is 4.83. The summed E-state index contributed by atoms with van der Waals surface area (Å²) in [4.78, 5) is 44.3. The number of hydrogen-bond acceptors (Lipinski definition) is 8. The number of nitrogens with zero attached hydrogens (tertiary/aromatic N) is 4. The second kappa shape index (κ2) is 9.81. The highest BCUT2D eigenvalue weighted by molar-refractivity contribution is 6.05. The number of benzene rings is 2. The number of fused-ring (bicyclic) bond motifs is 1. The number of halogens is 2. The second-order valence-corrected chi connectivity index (χ2v) is 11.6. The fraction of sp³-hybridized carbons (Fsp3) is 0.414. The molecule has 2 fully saturated rings. The first kappa shape index (κ1) is 27.2. The third-order valence-electron chi connectivity index (χ3n) is 8.67. The molecule has 3 aromatic rings. The standard InChI is InChI=1S/C29H29F2N5O5/c1-28(2)14-35(12-16-3-4-18(21(30)11-16)25-32-15-41-34-25)10-9-29(28,40)20-6-5-17-19(24(20)31)13-36(27(17)39)22-7-8-23(37)33-26(22)38/h3-6,11,15,22,40H,7-10,12-14H2,1-2H3,(H,33,37,38). The van der Waals surface area contributed by atoms with Gasteiger partial charge in [-0.25, -0.2) is 8.78 Å². The molecule has 2 saturated heterocycles. The van der Waals surface area contributed by atoms with E-state index in [1.165, 1.54) is 23.1 Å². The molecule has 41 heavy (non-hydrogen) atoms. The van der Waals surface area contributed by atoms with Gasteiger partial charge in [0.25, 0.3) is 5.91 Å². The van der Waals surface area contributed by atoms with Crippen LogP contribution in [-0.4, -0.2) is 61.9 Å². The first-order chi connectivity index (χ1) is 19.5. The van der Waals surface area contributed by atoms with Crippen LogP contribution in [-0.2, 0) is 28.3 Å². The predicted octanol–water partition coefficient (Wildman–Crippen LogP) is 2.90. The Labute approximate surface area is 234 Å². The van der Waals surface area contributed by atoms with E-state index in [0.29, 0.717) is 19.6 Å². The Morgan fingerprint density at radius 1 is 1.15 bits per heavy atom. The van der Waals surface area contributed by atoms with Gasteiger partial charge in [0.1, 0.15) is 17.7 Å². The van der Waals surface area contributed by atoms with E-state index in [1.807, 2.05) is 13.8 Å². The average molecular weight is 566 g/mol. The Morgan fingerprint density at radius 3 is 2.61 bits per heavy atom. The molecule has 0 aliphatic carbocycles. The van der Waals surface area contributed by atoms with E-state index in [1.54, 1.807) is 12.1 Å². The summed E-state index contributed by atoms with van der Waals surface area (Å²) in [6.07, 6.45) is 1.62. The van der Waals surface area contributed by atoms with Gasteiger partial charge in [0.15, 0.2) is 0 Å². The molecule has 6 rings (SSSR count). The number of rotatable bonds is 5. The number of carbonyl (C=O) groups excluding carboxylic acids is 3. The summed E-state index contributed by atoms with van der Waals surface area (Å²) in [6, 6.07) is 6.92. The van der Waals surface area contributed by atoms with Gasteiger partial charge in [-0.3, -0.25) is 24.6 Å². The lowest BCUT2D eigenvalue weighted by Gasteiger charge is -2.50. The van der Waals surface area contributed by atoms with Crippen LogP contribution in [0.4, 0.5) is 8.78 Å². The Bertz CT molecular complexity index is 1560. The molecule has 0 spiro atoms. The Hall–Kier alpha value is -4.03. The third kappa shape index (κ3) is 4.51. The van der Waals surface area contributed by atoms with E-state index in [0.717, 1.165) is 12.0 Å². The Morgan fingerprint density at radius 2 is 1.93 bits per heavy atom. The van der Waals surface area contributed by atoms with Gasteiger partial charge in [-0.2, -0.15) is 4.98 Å². The molecule has 12 heteroatoms. The van der Waals surface area contributed by atoms with E-state index in [4.69, 9.17) is 4.52 Å². The third-order valence-corrected chi connectivity index (χ3v) is 8.67. The van der Waals surface area contributed by atoms with Gasteiger partial charge < -0.3 is 14.5 Å². The van der Waals surface area contributed by atoms with Crippen molar-refractivity contribution in [1.82, 2.24) is 25.3 Å². The molecule has 214 valence electrons. The molecule has 3 amide bonds. The summed E-state index contributed by atoms with van der Waals surface area (Å²) in [5.41, 5.74) is -0.989. The van der Waals surface area contributed by atoms with Crippen molar-refractivity contribution in [3.05, 3.63) is 70.6 Å². The zero-order valence-corrected chi connectivity index (χ0v) is 22.6. The minimum Gasteiger partial charge on any atom is -0.384 e. The Kier molecular flexibility index (Phi) is 6.50. The van der Waals surface area contributed by atoms with Gasteiger partial charge in [-0.05, 0) is 36.6 Å². The number of aromatic nitrogens is 2. The maximum absolute atomic E-state index is 16.1. The van der Waals surface area contributed by atoms with Crippen LogP contribution in [0.3, 0.4) is 0 Å². The van der Waals surface area contributed by atoms with Crippen LogP contribution >= 0.6 is 0 Å². The molecule has 2 atom stereocenters. The minimum absolute atomic E-state index is 0.101. The predicted molar refractivity (Wildman–Crippen MR) is 140 cm³/mol. The molecule has 2 aromatic carbocycles. The van der Waals surface area contributed by atoms with Crippen molar-refractivity contribution in [3.63, 3.8) is 0 Å². The normalized spacial score (nSPS) is 24.5. The van der Waals surface area contributed by atoms with Crippen molar-refractivity contribution in [3.8, 4) is 11.4 Å². The average Bonchev–Trinajstić information content (AvgIpc) is 3.56. The summed E-state index contributed by atoms with van der Waals surface area (Å²) in [5, 5.41) is 17.9. The van der Waals surface area contributed by atoms with Crippen molar-refractivity contribution in [1.29, 1.82) is 0 Å². The lowest BCUT2D eigenvalue weighted by Crippen LogP contribution is -2.55. The van der Waals surface area contributed by atoms with Crippen LogP contribution in [0.5, 0.6) is 0 Å². The smallest absolute Gasteiger partial charge is 0.255 e. The molecule has 0 saturated carbocycles. The van der Waals surface area contributed by atoms with Crippen LogP contribution < -0.4 is 5.32 Å². The quantitative estimate of drug-likeness (QED) is 0.452. The largest absolute Gasteiger partial charge is 0.384 e. The van der Waals surface area contributed by atoms with E-state index in [9.17, 15) is 23.9 Å². The number of hydrogen-bond donors (Lipinski definition) is 2. The fourth-order valence-corrected chi connectivity index (χ4v) is 6.37. The molecule has 3 aliphatic rings. The maximum atomic E-state index is 16.1. The van der Waals surface area contributed by atoms with Crippen LogP contribution in [0.15, 0.2) is 41.2 Å². The number of likely N-dealkylation sites (tertiary alicyclic amines) is 1. The number of carbonyl (C=O) groups is 3. The van der Waals surface area contributed by atoms with Gasteiger partial charge in [0, 0.05) is 48.2 Å². The molecule has 0 bridgehead atoms. The summed E-state index contributed by atoms with van der Waals surface area (Å²) >= 11 is 0. The molecule has 2 N–H and O–H groups in total. The summed E-state index contributed by atoms with van der Waals surface area (Å²) in [7, 11) is 0. The van der Waals surface area contributed by atoms with Gasteiger partial charge in [0.2, 0.25) is 24.0 Å². The zero-order chi connectivity index (χ0) is 29.1. The molecule has 1 aromatic heterocycles. The van der Waals surface area contributed by atoms with Crippen LogP contribution in [0, 0.1) is 17.0 Å². The van der Waals surface area contributed by atoms with Crippen molar-refractivity contribution in [2.75, 3.05) is 13.1 Å². The monoisotopic (exact) mass is 565 g/mol. The lowest BCUT2D eigenvalue weighted by molar-refractivity contribution is -0.137. The highest BCUT2D eigenvalue weighted by Crippen LogP contribution is 2.48. The van der Waals surface area contributed by atoms with Gasteiger partial charge >= 0.3 is 0 Å². The van der Waals surface area contributed by atoms with Crippen molar-refractivity contribution in [2.24, 2.45) is 5.41 Å². The number of aliphatic hydroxyl groups is 1. The van der Waals surface area contributed by atoms with E-state index < -0.39 is 46.4 Å². The van der Waals surface area contributed by atoms with Gasteiger partial charge in [-0.1, -0.05) is 31.1 Å². The molecule has 10 nitrogen and oxygen atoms in total. The first-order valence-corrected chi connectivity index (χ1v) is 13.4. The van der Waals surface area contributed by atoms with Gasteiger partial charge in [0.05, 0.1) is 17.7 Å². The molecule has 3 aliphatic heterocycles. The van der Waals surface area contributed by atoms with E-state index >= 15 is 4.39 Å². The van der Waals surface area contributed by atoms with Crippen molar-refractivity contribution in [2.45, 2.75) is 57.8 Å². The zero-order valence-electron chi connectivity index (χ0n) is 22.6. The van der Waals surface area contributed by atoms with E-state index in [2.05, 4.69) is 20.4 Å². The number of amides is 3. The Balaban J connectivity index is 1.20. The second-order valence-electron chi connectivity index (χ2n) is 11.6. The highest BCUT2D eigenvalue weighted by Gasteiger charge is 2.51. The molecule has 2 unspecified atom stereocenters. The minimum atomic E-state index is -1.54. The topological polar surface area (TPSA) is 129 Å². The summed E-state index contributed by atoms with van der Waals surface area (Å²) < 4.78 is 35.5. The van der Waals surface area contributed by atoms with Crippen LogP contribution in [0.25, 0.3) is 11.4 Å². The van der Waals surface area contributed by atoms with Gasteiger partial charge in [-0.15, -0.1) is 0 Å². The van der Waals surface area contributed by atoms with Crippen molar-refractivity contribution < 1.29 is 32.8 Å². The van der Waals surface area contributed by atoms with Crippen molar-refractivity contribution >= 4 is 17.7 Å². The number of nitrogens with one attached hydrogen (secondary N) is 1. The fourth-order valence-electron chi connectivity index (χ4n) is 6.37. The lowest BCUT2D eigenvalue weighted by atomic mass is 9.66. The first-order valence-electron chi connectivity index (χ1n) is 13.4. The number of piperidine rings is 2. The molecule has 0 radical (unpaired) electrons. The van der Waals surface area contributed by atoms with E-state index in [-0.39, 0.29) is 53.9 Å².